The van der Waals surface area contributed by atoms with Crippen LogP contribution in [0.15, 0.2) is 36.4 Å². The third kappa shape index (κ3) is 7.74. The molecule has 4 amide bonds. The second-order valence-corrected chi connectivity index (χ2v) is 15.2. The lowest BCUT2D eigenvalue weighted by Gasteiger charge is -2.29. The van der Waals surface area contributed by atoms with Gasteiger partial charge in [0.05, 0.1) is 26.3 Å². The first-order chi connectivity index (χ1) is 27.8. The van der Waals surface area contributed by atoms with Crippen LogP contribution in [0.4, 0.5) is 18.4 Å². The zero-order valence-corrected chi connectivity index (χ0v) is 33.0. The third-order valence-corrected chi connectivity index (χ3v) is 10.7. The van der Waals surface area contributed by atoms with Gasteiger partial charge in [0, 0.05) is 24.2 Å². The number of halogens is 2. The van der Waals surface area contributed by atoms with Crippen molar-refractivity contribution in [1.82, 2.24) is 40.4 Å². The van der Waals surface area contributed by atoms with Crippen molar-refractivity contribution in [1.29, 1.82) is 0 Å². The Labute approximate surface area is 333 Å². The lowest BCUT2D eigenvalue weighted by Crippen LogP contribution is -2.51. The van der Waals surface area contributed by atoms with E-state index in [1.165, 1.54) is 14.2 Å². The van der Waals surface area contributed by atoms with Crippen molar-refractivity contribution in [3.8, 4) is 45.5 Å². The van der Waals surface area contributed by atoms with Crippen molar-refractivity contribution in [3.63, 3.8) is 0 Å². The summed E-state index contributed by atoms with van der Waals surface area (Å²) in [7, 11) is 2.45. The predicted octanol–water partition coefficient (Wildman–Crippen LogP) is 6.73. The standard InChI is InChI=1S/C40H46F2N8O8/c1-19(2)29(45-39(53)55-5)37(51)49-15-7-9-23(49)35-43-31(33(41)47-35)21-11-13-25-27(17-21)58-28-18-22(12-14-26(28)57-25)32-34(42)48-36(44-32)24-10-8-16-50(24)38(52)30(20(3)4)46-40(54)56-6/h11-14,17-20,23-24,29-30H,7-10,15-16H2,1-6H3,(H,43,47)(H,44,48)(H,45,53)(H,46,54)/t23-,24-,29-,30-/m0/s1. The van der Waals surface area contributed by atoms with Crippen LogP contribution in [0.3, 0.4) is 0 Å². The first-order valence-electron chi connectivity index (χ1n) is 19.2. The predicted molar refractivity (Wildman–Crippen MR) is 204 cm³/mol. The van der Waals surface area contributed by atoms with Gasteiger partial charge in [0.1, 0.15) is 35.1 Å². The fourth-order valence-electron chi connectivity index (χ4n) is 7.71. The van der Waals surface area contributed by atoms with Gasteiger partial charge in [0.25, 0.3) is 0 Å². The van der Waals surface area contributed by atoms with Gasteiger partial charge >= 0.3 is 12.2 Å². The number of ether oxygens (including phenoxy) is 4. The minimum atomic E-state index is -0.838. The van der Waals surface area contributed by atoms with Crippen LogP contribution >= 0.6 is 0 Å². The molecule has 58 heavy (non-hydrogen) atoms. The highest BCUT2D eigenvalue weighted by Gasteiger charge is 2.40. The molecule has 5 heterocycles. The smallest absolute Gasteiger partial charge is 0.407 e. The van der Waals surface area contributed by atoms with Crippen LogP contribution in [-0.2, 0) is 19.1 Å². The molecule has 308 valence electrons. The number of benzene rings is 2. The maximum atomic E-state index is 15.6. The molecular formula is C40H46F2N8O8. The number of carbonyl (C=O) groups is 4. The number of fused-ring (bicyclic) bond motifs is 2. The zero-order valence-electron chi connectivity index (χ0n) is 33.0. The van der Waals surface area contributed by atoms with E-state index in [1.54, 1.807) is 46.2 Å². The molecule has 4 aromatic rings. The normalized spacial score (nSPS) is 18.2. The molecule has 0 saturated carbocycles. The van der Waals surface area contributed by atoms with E-state index < -0.39 is 48.2 Å². The molecule has 0 aliphatic carbocycles. The van der Waals surface area contributed by atoms with E-state index in [0.29, 0.717) is 61.4 Å². The lowest BCUT2D eigenvalue weighted by molar-refractivity contribution is -0.136. The number of rotatable bonds is 10. The number of nitrogens with one attached hydrogen (secondary N) is 4. The van der Waals surface area contributed by atoms with Crippen LogP contribution in [0.25, 0.3) is 22.5 Å². The molecule has 4 N–H and O–H groups in total. The SMILES string of the molecule is COC(=O)N[C@H](C(=O)N1CCC[C@H]1c1nc(F)c(-c2ccc3c(c2)Oc2cc(-c4[nH]c([C@@H]5CCCN5C(=O)[C@@H](NC(=O)OC)C(C)C)nc4F)ccc2O3)[nH]1)C(C)C. The van der Waals surface area contributed by atoms with Crippen molar-refractivity contribution in [2.45, 2.75) is 77.5 Å². The average Bonchev–Trinajstić information content (AvgIpc) is 4.03. The number of H-pyrrole nitrogens is 2. The molecule has 4 atom stereocenters. The summed E-state index contributed by atoms with van der Waals surface area (Å²) in [4.78, 5) is 68.8. The minimum Gasteiger partial charge on any atom is -0.453 e. The Bertz CT molecular complexity index is 2070. The Hall–Kier alpha value is -6.20. The number of alkyl carbamates (subject to hydrolysis) is 2. The van der Waals surface area contributed by atoms with E-state index in [1.807, 2.05) is 27.7 Å². The van der Waals surface area contributed by atoms with Crippen LogP contribution in [0.2, 0.25) is 0 Å². The summed E-state index contributed by atoms with van der Waals surface area (Å²) in [5.74, 6) is -0.791. The summed E-state index contributed by atoms with van der Waals surface area (Å²) in [5.41, 5.74) is 0.979. The third-order valence-electron chi connectivity index (χ3n) is 10.7. The number of imidazole rings is 2. The molecule has 16 nitrogen and oxygen atoms in total. The number of carbonyl (C=O) groups excluding carboxylic acids is 4. The van der Waals surface area contributed by atoms with E-state index in [-0.39, 0.29) is 58.2 Å². The van der Waals surface area contributed by atoms with E-state index in [4.69, 9.17) is 18.9 Å². The van der Waals surface area contributed by atoms with Gasteiger partial charge in [0.2, 0.25) is 23.7 Å². The molecule has 2 saturated heterocycles. The molecule has 0 radical (unpaired) electrons. The molecule has 3 aliphatic rings. The van der Waals surface area contributed by atoms with Crippen LogP contribution in [0.5, 0.6) is 23.0 Å². The van der Waals surface area contributed by atoms with Crippen LogP contribution in [0.1, 0.15) is 77.1 Å². The zero-order chi connectivity index (χ0) is 41.4. The largest absolute Gasteiger partial charge is 0.453 e. The van der Waals surface area contributed by atoms with Crippen LogP contribution in [0, 0.1) is 23.7 Å². The highest BCUT2D eigenvalue weighted by molar-refractivity contribution is 5.87. The highest BCUT2D eigenvalue weighted by Crippen LogP contribution is 2.48. The first kappa shape index (κ1) is 40.0. The van der Waals surface area contributed by atoms with E-state index in [0.717, 1.165) is 0 Å². The van der Waals surface area contributed by atoms with Gasteiger partial charge in [-0.1, -0.05) is 27.7 Å². The van der Waals surface area contributed by atoms with Gasteiger partial charge in [-0.15, -0.1) is 0 Å². The Morgan fingerprint density at radius 2 is 1.09 bits per heavy atom. The summed E-state index contributed by atoms with van der Waals surface area (Å²) in [6.07, 6.45) is 0.986. The molecule has 2 aromatic carbocycles. The van der Waals surface area contributed by atoms with E-state index in [9.17, 15) is 19.2 Å². The van der Waals surface area contributed by atoms with Gasteiger partial charge in [-0.3, -0.25) is 9.59 Å². The van der Waals surface area contributed by atoms with Gasteiger partial charge in [-0.25, -0.2) is 19.6 Å². The number of hydrogen-bond donors (Lipinski definition) is 4. The molecule has 18 heteroatoms. The highest BCUT2D eigenvalue weighted by atomic mass is 19.1. The van der Waals surface area contributed by atoms with Crippen molar-refractivity contribution >= 4 is 24.0 Å². The second-order valence-electron chi connectivity index (χ2n) is 15.2. The van der Waals surface area contributed by atoms with Gasteiger partial charge in [0.15, 0.2) is 23.0 Å². The van der Waals surface area contributed by atoms with Crippen molar-refractivity contribution in [2.75, 3.05) is 27.3 Å². The summed E-state index contributed by atoms with van der Waals surface area (Å²) < 4.78 is 52.9. The number of aromatic amines is 2. The van der Waals surface area contributed by atoms with Gasteiger partial charge in [-0.05, 0) is 73.9 Å². The molecule has 0 spiro atoms. The average molecular weight is 805 g/mol. The summed E-state index contributed by atoms with van der Waals surface area (Å²) in [6.45, 7) is 8.08. The maximum Gasteiger partial charge on any atom is 0.407 e. The quantitative estimate of drug-likeness (QED) is 0.118. The van der Waals surface area contributed by atoms with Crippen molar-refractivity contribution in [2.24, 2.45) is 11.8 Å². The molecule has 0 unspecified atom stereocenters. The Balaban J connectivity index is 1.09. The number of likely N-dealkylation sites (tertiary alicyclic amines) is 2. The number of hydrogen-bond acceptors (Lipinski definition) is 10. The number of amides is 4. The van der Waals surface area contributed by atoms with Crippen molar-refractivity contribution in [3.05, 3.63) is 59.9 Å². The monoisotopic (exact) mass is 804 g/mol. The van der Waals surface area contributed by atoms with Crippen LogP contribution in [-0.4, -0.2) is 93.1 Å². The number of nitrogens with zero attached hydrogens (tertiary/aromatic N) is 4. The number of methoxy groups -OCH3 is 2. The van der Waals surface area contributed by atoms with Gasteiger partial charge < -0.3 is 49.3 Å². The summed E-state index contributed by atoms with van der Waals surface area (Å²) in [6, 6.07) is 7.02. The fraction of sp³-hybridized carbons (Fsp3) is 0.450. The van der Waals surface area contributed by atoms with E-state index in [2.05, 4.69) is 30.6 Å². The Kier molecular flexibility index (Phi) is 11.3. The Morgan fingerprint density at radius 3 is 1.47 bits per heavy atom. The molecule has 3 aliphatic heterocycles. The first-order valence-corrected chi connectivity index (χ1v) is 19.2. The van der Waals surface area contributed by atoms with Crippen LogP contribution < -0.4 is 20.1 Å². The summed E-state index contributed by atoms with van der Waals surface area (Å²) in [5, 5.41) is 5.21. The molecule has 2 aromatic heterocycles. The summed E-state index contributed by atoms with van der Waals surface area (Å²) >= 11 is 0. The molecular weight excluding hydrogens is 758 g/mol. The fourth-order valence-corrected chi connectivity index (χ4v) is 7.71. The molecule has 7 rings (SSSR count). The molecule has 2 fully saturated rings. The maximum absolute atomic E-state index is 15.6. The molecule has 0 bridgehead atoms. The Morgan fingerprint density at radius 1 is 0.690 bits per heavy atom. The topological polar surface area (TPSA) is 193 Å². The minimum absolute atomic E-state index is 0.0839. The van der Waals surface area contributed by atoms with Gasteiger partial charge in [-0.2, -0.15) is 8.78 Å². The second kappa shape index (κ2) is 16.3. The lowest BCUT2D eigenvalue weighted by atomic mass is 10.0. The van der Waals surface area contributed by atoms with Crippen molar-refractivity contribution < 1.29 is 46.9 Å². The number of aromatic nitrogens is 4. The van der Waals surface area contributed by atoms with E-state index >= 15 is 8.78 Å².